The predicted octanol–water partition coefficient (Wildman–Crippen LogP) is 5.41. The minimum absolute atomic E-state index is 0.0650. The maximum Gasteiger partial charge on any atom is 0.324 e. The van der Waals surface area contributed by atoms with Crippen LogP contribution in [0.2, 0.25) is 5.02 Å². The summed E-state index contributed by atoms with van der Waals surface area (Å²) in [6, 6.07) is 7.17. The summed E-state index contributed by atoms with van der Waals surface area (Å²) in [4.78, 5) is 32.5. The summed E-state index contributed by atoms with van der Waals surface area (Å²) in [5, 5.41) is 7.70. The smallest absolute Gasteiger partial charge is 0.324 e. The number of carbonyl (C=O) groups excluding carboxylic acids is 1. The summed E-state index contributed by atoms with van der Waals surface area (Å²) >= 11 is 6.39. The van der Waals surface area contributed by atoms with Crippen molar-refractivity contribution in [1.29, 1.82) is 0 Å². The van der Waals surface area contributed by atoms with Gasteiger partial charge in [-0.1, -0.05) is 24.2 Å². The van der Waals surface area contributed by atoms with Crippen molar-refractivity contribution in [2.75, 3.05) is 44.7 Å². The lowest BCUT2D eigenvalue weighted by atomic mass is 9.94. The number of H-pyrrole nitrogens is 1. The number of rotatable bonds is 6. The lowest BCUT2D eigenvalue weighted by Crippen LogP contribution is -2.48. The molecular formula is C32H30ClFN8O3. The number of hydrogen-bond donors (Lipinski definition) is 1. The second-order valence-corrected chi connectivity index (χ2v) is 11.6. The molecule has 230 valence electrons. The fourth-order valence-corrected chi connectivity index (χ4v) is 6.17. The van der Waals surface area contributed by atoms with E-state index < -0.39 is 5.82 Å². The third kappa shape index (κ3) is 5.29. The molecule has 3 aromatic heterocycles. The van der Waals surface area contributed by atoms with Crippen molar-refractivity contribution < 1.29 is 18.7 Å². The molecule has 7 rings (SSSR count). The Morgan fingerprint density at radius 2 is 1.91 bits per heavy atom. The second-order valence-electron chi connectivity index (χ2n) is 11.2. The standard InChI is InChI=1S/C32H30ClFN8O3/c1-4-26(43)41-11-13-42(14-12-41)30-20-7-9-35-31(45-29-21-16-36-39-24(21)15-23(34)27(29)33)28(20)37-32(38-30)44-25-6-5-18(2)19-8-10-40(3)17-22(19)25/h4-7,9,15-16H,1,8,10-14,17H2,2-3H3,(H,36,39). The van der Waals surface area contributed by atoms with Gasteiger partial charge in [-0.3, -0.25) is 9.89 Å². The minimum atomic E-state index is -0.663. The van der Waals surface area contributed by atoms with Gasteiger partial charge in [-0.15, -0.1) is 0 Å². The first kappa shape index (κ1) is 28.9. The predicted molar refractivity (Wildman–Crippen MR) is 169 cm³/mol. The van der Waals surface area contributed by atoms with Crippen molar-refractivity contribution in [3.63, 3.8) is 0 Å². The van der Waals surface area contributed by atoms with E-state index in [-0.39, 0.29) is 28.6 Å². The first-order chi connectivity index (χ1) is 21.8. The zero-order valence-corrected chi connectivity index (χ0v) is 25.6. The van der Waals surface area contributed by atoms with E-state index >= 15 is 0 Å². The van der Waals surface area contributed by atoms with Crippen LogP contribution >= 0.6 is 11.6 Å². The molecule has 5 aromatic rings. The van der Waals surface area contributed by atoms with Gasteiger partial charge in [0.15, 0.2) is 5.75 Å². The molecular weight excluding hydrogens is 599 g/mol. The van der Waals surface area contributed by atoms with Gasteiger partial charge in [0.25, 0.3) is 0 Å². The highest BCUT2D eigenvalue weighted by atomic mass is 35.5. The number of pyridine rings is 1. The highest BCUT2D eigenvalue weighted by Gasteiger charge is 2.27. The number of aromatic amines is 1. The molecule has 0 radical (unpaired) electrons. The van der Waals surface area contributed by atoms with Crippen LogP contribution in [0.4, 0.5) is 10.2 Å². The molecule has 2 aromatic carbocycles. The number of carbonyl (C=O) groups is 1. The number of nitrogens with zero attached hydrogens (tertiary/aromatic N) is 7. The van der Waals surface area contributed by atoms with E-state index in [9.17, 15) is 9.18 Å². The molecule has 2 aliphatic heterocycles. The van der Waals surface area contributed by atoms with E-state index in [1.165, 1.54) is 29.5 Å². The molecule has 11 nitrogen and oxygen atoms in total. The molecule has 13 heteroatoms. The van der Waals surface area contributed by atoms with Crippen LogP contribution in [-0.2, 0) is 17.8 Å². The molecule has 0 bridgehead atoms. The third-order valence-corrected chi connectivity index (χ3v) is 8.75. The van der Waals surface area contributed by atoms with Gasteiger partial charge in [0.05, 0.1) is 22.5 Å². The summed E-state index contributed by atoms with van der Waals surface area (Å²) < 4.78 is 27.4. The van der Waals surface area contributed by atoms with Gasteiger partial charge >= 0.3 is 6.01 Å². The van der Waals surface area contributed by atoms with Crippen LogP contribution in [-0.4, -0.2) is 80.6 Å². The van der Waals surface area contributed by atoms with E-state index in [1.807, 2.05) is 6.07 Å². The molecule has 5 heterocycles. The van der Waals surface area contributed by atoms with Crippen molar-refractivity contribution in [2.45, 2.75) is 19.9 Å². The Kier molecular flexibility index (Phi) is 7.46. The van der Waals surface area contributed by atoms with Gasteiger partial charge in [-0.25, -0.2) is 9.37 Å². The summed E-state index contributed by atoms with van der Waals surface area (Å²) in [7, 11) is 2.08. The highest BCUT2D eigenvalue weighted by Crippen LogP contribution is 2.41. The Bertz CT molecular complexity index is 1970. The number of ether oxygens (including phenoxy) is 2. The Labute approximate surface area is 263 Å². The SMILES string of the molecule is C=CC(=O)N1CCN(c2nc(Oc3ccc(C)c4c3CN(C)CC4)nc3c(Oc4c(Cl)c(F)cc5[nH]ncc45)nccc23)CC1. The fraction of sp³-hybridized carbons (Fsp3) is 0.281. The van der Waals surface area contributed by atoms with Crippen LogP contribution in [0.15, 0.2) is 49.3 Å². The Morgan fingerprint density at radius 1 is 1.09 bits per heavy atom. The average Bonchev–Trinajstić information content (AvgIpc) is 3.52. The minimum Gasteiger partial charge on any atom is -0.434 e. The third-order valence-electron chi connectivity index (χ3n) is 8.39. The van der Waals surface area contributed by atoms with Gasteiger partial charge in [0, 0.05) is 57.1 Å². The van der Waals surface area contributed by atoms with Crippen LogP contribution in [0.5, 0.6) is 23.4 Å². The molecule has 0 spiro atoms. The van der Waals surface area contributed by atoms with E-state index in [1.54, 1.807) is 17.2 Å². The van der Waals surface area contributed by atoms with Crippen molar-refractivity contribution in [3.05, 3.63) is 76.8 Å². The summed E-state index contributed by atoms with van der Waals surface area (Å²) in [5.74, 6) is 0.664. The van der Waals surface area contributed by atoms with Crippen molar-refractivity contribution >= 4 is 45.1 Å². The van der Waals surface area contributed by atoms with Crippen LogP contribution in [0.1, 0.15) is 16.7 Å². The number of aromatic nitrogens is 5. The largest absolute Gasteiger partial charge is 0.434 e. The number of nitrogens with one attached hydrogen (secondary N) is 1. The second kappa shape index (κ2) is 11.6. The van der Waals surface area contributed by atoms with Gasteiger partial charge in [0.2, 0.25) is 11.8 Å². The first-order valence-electron chi connectivity index (χ1n) is 14.6. The maximum absolute atomic E-state index is 14.8. The maximum atomic E-state index is 14.8. The van der Waals surface area contributed by atoms with Gasteiger partial charge < -0.3 is 24.2 Å². The zero-order valence-electron chi connectivity index (χ0n) is 24.8. The average molecular weight is 629 g/mol. The number of likely N-dealkylation sites (N-methyl/N-ethyl adjacent to an activating group) is 1. The molecule has 1 fully saturated rings. The van der Waals surface area contributed by atoms with Crippen LogP contribution in [0.25, 0.3) is 21.8 Å². The number of aryl methyl sites for hydroxylation is 1. The van der Waals surface area contributed by atoms with E-state index in [2.05, 4.69) is 51.6 Å². The van der Waals surface area contributed by atoms with Crippen LogP contribution in [0.3, 0.4) is 0 Å². The lowest BCUT2D eigenvalue weighted by molar-refractivity contribution is -0.126. The van der Waals surface area contributed by atoms with E-state index in [4.69, 9.17) is 31.0 Å². The summed E-state index contributed by atoms with van der Waals surface area (Å²) in [5.41, 5.74) is 4.37. The quantitative estimate of drug-likeness (QED) is 0.247. The van der Waals surface area contributed by atoms with Gasteiger partial charge in [0.1, 0.15) is 27.9 Å². The Balaban J connectivity index is 1.35. The van der Waals surface area contributed by atoms with Crippen molar-refractivity contribution in [3.8, 4) is 23.4 Å². The monoisotopic (exact) mass is 628 g/mol. The van der Waals surface area contributed by atoms with Crippen molar-refractivity contribution in [1.82, 2.24) is 34.9 Å². The summed E-state index contributed by atoms with van der Waals surface area (Å²) in [6.07, 6.45) is 5.34. The highest BCUT2D eigenvalue weighted by molar-refractivity contribution is 6.33. The van der Waals surface area contributed by atoms with Crippen LogP contribution in [0, 0.1) is 12.7 Å². The number of fused-ring (bicyclic) bond motifs is 3. The fourth-order valence-electron chi connectivity index (χ4n) is 5.98. The van der Waals surface area contributed by atoms with Gasteiger partial charge in [-0.05, 0) is 49.7 Å². The number of anilines is 1. The number of benzene rings is 2. The number of amides is 1. The number of hydrogen-bond acceptors (Lipinski definition) is 9. The van der Waals surface area contributed by atoms with Crippen LogP contribution < -0.4 is 14.4 Å². The zero-order chi connectivity index (χ0) is 31.2. The molecule has 2 aliphatic rings. The van der Waals surface area contributed by atoms with Gasteiger partial charge in [-0.2, -0.15) is 15.1 Å². The molecule has 1 saturated heterocycles. The molecule has 0 unspecified atom stereocenters. The Hall–Kier alpha value is -4.81. The molecule has 0 atom stereocenters. The van der Waals surface area contributed by atoms with E-state index in [0.29, 0.717) is 59.6 Å². The Morgan fingerprint density at radius 3 is 2.71 bits per heavy atom. The first-order valence-corrected chi connectivity index (χ1v) is 15.0. The summed E-state index contributed by atoms with van der Waals surface area (Å²) in [6.45, 7) is 9.47. The molecule has 0 saturated carbocycles. The molecule has 1 amide bonds. The lowest BCUT2D eigenvalue weighted by Gasteiger charge is -2.35. The number of piperazine rings is 1. The topological polar surface area (TPSA) is 113 Å². The van der Waals surface area contributed by atoms with Crippen molar-refractivity contribution in [2.24, 2.45) is 0 Å². The molecule has 0 aliphatic carbocycles. The number of halogens is 2. The van der Waals surface area contributed by atoms with E-state index in [0.717, 1.165) is 25.1 Å². The normalized spacial score (nSPS) is 15.4. The molecule has 45 heavy (non-hydrogen) atoms. The molecule has 1 N–H and O–H groups in total.